The molecule has 0 bridgehead atoms. The molecule has 0 aliphatic heterocycles. The lowest BCUT2D eigenvalue weighted by molar-refractivity contribution is 0.0955. The predicted octanol–water partition coefficient (Wildman–Crippen LogP) is 2.55. The Kier molecular flexibility index (Phi) is 5.43. The lowest BCUT2D eigenvalue weighted by atomic mass is 10.1. The molecule has 0 atom stereocenters. The minimum atomic E-state index is -0.290. The van der Waals surface area contributed by atoms with E-state index in [1.54, 1.807) is 36.8 Å². The number of hydrogen-bond acceptors (Lipinski definition) is 6. The quantitative estimate of drug-likeness (QED) is 0.408. The summed E-state index contributed by atoms with van der Waals surface area (Å²) in [5.41, 5.74) is 5.68. The molecule has 0 aliphatic rings. The van der Waals surface area contributed by atoms with Crippen molar-refractivity contribution in [3.05, 3.63) is 95.8 Å². The highest BCUT2D eigenvalue weighted by Gasteiger charge is 2.07. The van der Waals surface area contributed by atoms with E-state index in [4.69, 9.17) is 0 Å². The van der Waals surface area contributed by atoms with E-state index < -0.39 is 0 Å². The van der Waals surface area contributed by atoms with E-state index in [1.807, 2.05) is 48.5 Å². The van der Waals surface area contributed by atoms with E-state index in [2.05, 4.69) is 30.9 Å². The van der Waals surface area contributed by atoms with E-state index >= 15 is 0 Å². The van der Waals surface area contributed by atoms with Crippen LogP contribution in [0.2, 0.25) is 0 Å². The van der Waals surface area contributed by atoms with E-state index in [1.165, 1.54) is 4.80 Å². The summed E-state index contributed by atoms with van der Waals surface area (Å²) in [5.74, 6) is 0.287. The second kappa shape index (κ2) is 8.66. The van der Waals surface area contributed by atoms with Gasteiger partial charge in [0.25, 0.3) is 5.91 Å². The number of nitrogens with one attached hydrogen (secondary N) is 1. The van der Waals surface area contributed by atoms with Crippen LogP contribution in [0.25, 0.3) is 11.4 Å². The maximum Gasteiger partial charge on any atom is 0.271 e. The number of nitrogens with zero attached hydrogens (tertiary/aromatic N) is 6. The number of hydrazone groups is 1. The molecule has 0 saturated carbocycles. The summed E-state index contributed by atoms with van der Waals surface area (Å²) in [6.07, 6.45) is 4.88. The van der Waals surface area contributed by atoms with Gasteiger partial charge in [0, 0.05) is 29.1 Å². The van der Waals surface area contributed by atoms with E-state index in [0.717, 1.165) is 16.7 Å². The third-order valence-corrected chi connectivity index (χ3v) is 4.09. The van der Waals surface area contributed by atoms with E-state index in [-0.39, 0.29) is 5.91 Å². The molecule has 0 radical (unpaired) electrons. The second-order valence-corrected chi connectivity index (χ2v) is 6.19. The van der Waals surface area contributed by atoms with Crippen molar-refractivity contribution in [2.24, 2.45) is 5.10 Å². The molecule has 142 valence electrons. The van der Waals surface area contributed by atoms with Gasteiger partial charge in [-0.2, -0.15) is 9.90 Å². The second-order valence-electron chi connectivity index (χ2n) is 6.19. The molecule has 0 unspecified atom stereocenters. The van der Waals surface area contributed by atoms with Crippen molar-refractivity contribution in [2.45, 2.75) is 6.54 Å². The van der Waals surface area contributed by atoms with Gasteiger partial charge in [-0.25, -0.2) is 5.43 Å². The maximum atomic E-state index is 12.2. The SMILES string of the molecule is O=C(NN=Cc1cccnc1)c1ccc(Cn2nnc(-c3ccccc3)n2)cc1. The smallest absolute Gasteiger partial charge is 0.267 e. The number of hydrogen-bond donors (Lipinski definition) is 1. The van der Waals surface area contributed by atoms with Crippen molar-refractivity contribution in [1.82, 2.24) is 30.6 Å². The average molecular weight is 383 g/mol. The first-order valence-corrected chi connectivity index (χ1v) is 8.93. The summed E-state index contributed by atoms with van der Waals surface area (Å²) in [6.45, 7) is 0.459. The highest BCUT2D eigenvalue weighted by molar-refractivity contribution is 5.94. The van der Waals surface area contributed by atoms with Gasteiger partial charge in [-0.05, 0) is 29.0 Å². The topological polar surface area (TPSA) is 98.0 Å². The van der Waals surface area contributed by atoms with E-state index in [0.29, 0.717) is 17.9 Å². The van der Waals surface area contributed by atoms with Crippen LogP contribution in [0.15, 0.2) is 84.2 Å². The normalized spacial score (nSPS) is 10.9. The van der Waals surface area contributed by atoms with Crippen LogP contribution in [-0.4, -0.2) is 37.3 Å². The van der Waals surface area contributed by atoms with Crippen LogP contribution in [-0.2, 0) is 6.54 Å². The Morgan fingerprint density at radius 3 is 2.62 bits per heavy atom. The van der Waals surface area contributed by atoms with Gasteiger partial charge in [0.15, 0.2) is 0 Å². The van der Waals surface area contributed by atoms with Crippen LogP contribution in [0.1, 0.15) is 21.5 Å². The maximum absolute atomic E-state index is 12.2. The summed E-state index contributed by atoms with van der Waals surface area (Å²) < 4.78 is 0. The molecular formula is C21H17N7O. The van der Waals surface area contributed by atoms with Gasteiger partial charge >= 0.3 is 0 Å². The number of pyridine rings is 1. The molecule has 29 heavy (non-hydrogen) atoms. The summed E-state index contributed by atoms with van der Waals surface area (Å²) in [6, 6.07) is 20.5. The molecule has 4 aromatic rings. The Labute approximate surface area is 166 Å². The fourth-order valence-corrected chi connectivity index (χ4v) is 2.62. The Morgan fingerprint density at radius 1 is 1.03 bits per heavy atom. The number of carbonyl (C=O) groups excluding carboxylic acids is 1. The molecule has 2 aromatic heterocycles. The summed E-state index contributed by atoms with van der Waals surface area (Å²) in [4.78, 5) is 17.7. The van der Waals surface area contributed by atoms with Crippen LogP contribution in [0, 0.1) is 0 Å². The van der Waals surface area contributed by atoms with Gasteiger partial charge in [-0.15, -0.1) is 10.2 Å². The highest BCUT2D eigenvalue weighted by atomic mass is 16.2. The van der Waals surface area contributed by atoms with Crippen LogP contribution in [0.5, 0.6) is 0 Å². The monoisotopic (exact) mass is 383 g/mol. The first-order valence-electron chi connectivity index (χ1n) is 8.93. The predicted molar refractivity (Wildman–Crippen MR) is 108 cm³/mol. The zero-order valence-corrected chi connectivity index (χ0v) is 15.4. The summed E-state index contributed by atoms with van der Waals surface area (Å²) in [7, 11) is 0. The Hall–Kier alpha value is -4.20. The number of rotatable bonds is 6. The zero-order valence-electron chi connectivity index (χ0n) is 15.4. The number of aromatic nitrogens is 5. The van der Waals surface area contributed by atoms with Gasteiger partial charge in [0.2, 0.25) is 5.82 Å². The Morgan fingerprint density at radius 2 is 1.86 bits per heavy atom. The first kappa shape index (κ1) is 18.2. The molecule has 2 heterocycles. The molecule has 4 rings (SSSR count). The number of amides is 1. The summed E-state index contributed by atoms with van der Waals surface area (Å²) in [5, 5.41) is 16.5. The molecule has 2 aromatic carbocycles. The standard InChI is InChI=1S/C21H17N7O/c29-21(25-23-14-17-5-4-12-22-13-17)19-10-8-16(9-11-19)15-28-26-20(24-27-28)18-6-2-1-3-7-18/h1-14H,15H2,(H,25,29). The Balaban J connectivity index is 1.36. The molecular weight excluding hydrogens is 366 g/mol. The fraction of sp³-hybridized carbons (Fsp3) is 0.0476. The van der Waals surface area contributed by atoms with Gasteiger partial charge in [0.1, 0.15) is 0 Å². The van der Waals surface area contributed by atoms with Crippen LogP contribution in [0.3, 0.4) is 0 Å². The Bertz CT molecular complexity index is 1110. The average Bonchev–Trinajstić information content (AvgIpc) is 3.24. The minimum absolute atomic E-state index is 0.290. The van der Waals surface area contributed by atoms with Gasteiger partial charge in [-0.3, -0.25) is 9.78 Å². The molecule has 0 saturated heterocycles. The molecule has 0 aliphatic carbocycles. The first-order chi connectivity index (χ1) is 14.3. The third kappa shape index (κ3) is 4.75. The van der Waals surface area contributed by atoms with Crippen molar-refractivity contribution in [2.75, 3.05) is 0 Å². The minimum Gasteiger partial charge on any atom is -0.267 e. The molecule has 1 amide bonds. The molecule has 0 spiro atoms. The fourth-order valence-electron chi connectivity index (χ4n) is 2.62. The van der Waals surface area contributed by atoms with Crippen molar-refractivity contribution in [1.29, 1.82) is 0 Å². The van der Waals surface area contributed by atoms with Crippen LogP contribution < -0.4 is 5.43 Å². The van der Waals surface area contributed by atoms with Gasteiger partial charge < -0.3 is 0 Å². The van der Waals surface area contributed by atoms with Crippen molar-refractivity contribution in [3.8, 4) is 11.4 Å². The van der Waals surface area contributed by atoms with Crippen molar-refractivity contribution in [3.63, 3.8) is 0 Å². The number of tetrazole rings is 1. The summed E-state index contributed by atoms with van der Waals surface area (Å²) >= 11 is 0. The lowest BCUT2D eigenvalue weighted by Crippen LogP contribution is -2.17. The molecule has 8 nitrogen and oxygen atoms in total. The van der Waals surface area contributed by atoms with Gasteiger partial charge in [0.05, 0.1) is 12.8 Å². The van der Waals surface area contributed by atoms with Gasteiger partial charge in [-0.1, -0.05) is 48.5 Å². The van der Waals surface area contributed by atoms with Crippen molar-refractivity contribution < 1.29 is 4.79 Å². The molecule has 0 fully saturated rings. The third-order valence-electron chi connectivity index (χ3n) is 4.09. The lowest BCUT2D eigenvalue weighted by Gasteiger charge is -2.03. The van der Waals surface area contributed by atoms with Crippen molar-refractivity contribution >= 4 is 12.1 Å². The van der Waals surface area contributed by atoms with Crippen LogP contribution >= 0.6 is 0 Å². The van der Waals surface area contributed by atoms with E-state index in [9.17, 15) is 4.79 Å². The molecule has 1 N–H and O–H groups in total. The van der Waals surface area contributed by atoms with Crippen LogP contribution in [0.4, 0.5) is 0 Å². The number of benzene rings is 2. The highest BCUT2D eigenvalue weighted by Crippen LogP contribution is 2.12. The number of carbonyl (C=O) groups is 1. The zero-order chi connectivity index (χ0) is 19.9. The largest absolute Gasteiger partial charge is 0.271 e. The molecule has 8 heteroatoms.